The topological polar surface area (TPSA) is 52.7 Å². The van der Waals surface area contributed by atoms with Crippen LogP contribution in [0, 0.1) is 41.4 Å². The molecular weight excluding hydrogens is 535 g/mol. The predicted molar refractivity (Wildman–Crippen MR) is 154 cm³/mol. The summed E-state index contributed by atoms with van der Waals surface area (Å²) in [6.45, 7) is 7.47. The summed E-state index contributed by atoms with van der Waals surface area (Å²) in [7, 11) is -2.03. The monoisotopic (exact) mass is 589 g/mol. The van der Waals surface area contributed by atoms with E-state index in [1.165, 1.54) is 49.3 Å². The van der Waals surface area contributed by atoms with Gasteiger partial charge in [-0.2, -0.15) is 13.2 Å². The van der Waals surface area contributed by atoms with E-state index in [0.717, 1.165) is 43.2 Å². The Labute approximate surface area is 241 Å². The van der Waals surface area contributed by atoms with Crippen LogP contribution in [0.25, 0.3) is 0 Å². The van der Waals surface area contributed by atoms with E-state index in [4.69, 9.17) is 0 Å². The van der Waals surface area contributed by atoms with Gasteiger partial charge in [-0.1, -0.05) is 39.5 Å². The van der Waals surface area contributed by atoms with Gasteiger partial charge in [-0.3, -0.25) is 4.90 Å². The second kappa shape index (κ2) is 12.7. The molecule has 0 aromatic rings. The molecule has 5 fully saturated rings. The van der Waals surface area contributed by atoms with Gasteiger partial charge in [0.25, 0.3) is 0 Å². The average Bonchev–Trinajstić information content (AvgIpc) is 2.91. The van der Waals surface area contributed by atoms with Crippen molar-refractivity contribution in [3.8, 4) is 0 Å². The van der Waals surface area contributed by atoms with Gasteiger partial charge in [0.1, 0.15) is 0 Å². The number of sulfonamides is 1. The van der Waals surface area contributed by atoms with Gasteiger partial charge in [-0.05, 0) is 107 Å². The summed E-state index contributed by atoms with van der Waals surface area (Å²) in [4.78, 5) is 2.50. The van der Waals surface area contributed by atoms with Gasteiger partial charge in [0, 0.05) is 31.7 Å². The van der Waals surface area contributed by atoms with Crippen molar-refractivity contribution in [2.45, 2.75) is 121 Å². The number of hydrogen-bond acceptors (Lipinski definition) is 4. The van der Waals surface area contributed by atoms with E-state index < -0.39 is 27.4 Å². The summed E-state index contributed by atoms with van der Waals surface area (Å²) in [5.74, 6) is 2.53. The van der Waals surface area contributed by atoms with Gasteiger partial charge in [0.15, 0.2) is 0 Å². The molecule has 0 spiro atoms. The summed E-state index contributed by atoms with van der Waals surface area (Å²) in [5, 5.41) is 2.07. The summed E-state index contributed by atoms with van der Waals surface area (Å²) < 4.78 is 71.1. The van der Waals surface area contributed by atoms with Crippen LogP contribution in [0.1, 0.15) is 97.3 Å². The number of nitrogens with zero attached hydrogens (tertiary/aromatic N) is 2. The highest BCUT2D eigenvalue weighted by Gasteiger charge is 2.56. The first-order chi connectivity index (χ1) is 19.0. The van der Waals surface area contributed by atoms with Crippen LogP contribution in [-0.2, 0) is 10.0 Å². The molecule has 40 heavy (non-hydrogen) atoms. The maximum Gasteiger partial charge on any atom is 0.393 e. The van der Waals surface area contributed by atoms with Crippen molar-refractivity contribution in [3.05, 3.63) is 0 Å². The first kappa shape index (κ1) is 31.1. The van der Waals surface area contributed by atoms with Crippen LogP contribution in [0.2, 0.25) is 0 Å². The van der Waals surface area contributed by atoms with E-state index in [-0.39, 0.29) is 18.9 Å². The van der Waals surface area contributed by atoms with Crippen LogP contribution in [-0.4, -0.2) is 74.4 Å². The lowest BCUT2D eigenvalue weighted by molar-refractivity contribution is -0.180. The third-order valence-corrected chi connectivity index (χ3v) is 14.6. The normalized spacial score (nSPS) is 42.9. The maximum atomic E-state index is 13.9. The number of hydrogen-bond donors (Lipinski definition) is 1. The third-order valence-electron chi connectivity index (χ3n) is 12.2. The van der Waals surface area contributed by atoms with E-state index in [2.05, 4.69) is 24.1 Å². The molecule has 2 saturated heterocycles. The summed E-state index contributed by atoms with van der Waals surface area (Å²) >= 11 is 0. The number of halogens is 3. The highest BCUT2D eigenvalue weighted by atomic mass is 32.2. The van der Waals surface area contributed by atoms with Crippen molar-refractivity contribution in [2.24, 2.45) is 41.4 Å². The SMILES string of the molecule is CNC[C@@H]1[C@@H](C2CCC(C3CCCC(C)C3C)CC2)C2CN(S(=O)(=O)C3CCCCC3C(F)(F)F)CCCCN21. The smallest absolute Gasteiger partial charge is 0.318 e. The fourth-order valence-electron chi connectivity index (χ4n) is 9.87. The fraction of sp³-hybridized carbons (Fsp3) is 1.00. The minimum absolute atomic E-state index is 0.0642. The van der Waals surface area contributed by atoms with Crippen LogP contribution in [0.3, 0.4) is 0 Å². The number of likely N-dealkylation sites (N-methyl/N-ethyl adjacent to an activating group) is 1. The van der Waals surface area contributed by atoms with Gasteiger partial charge < -0.3 is 5.32 Å². The molecule has 9 heteroatoms. The van der Waals surface area contributed by atoms with Gasteiger partial charge in [-0.15, -0.1) is 0 Å². The van der Waals surface area contributed by atoms with E-state index >= 15 is 0 Å². The second-order valence-electron chi connectivity index (χ2n) is 14.2. The molecule has 1 N–H and O–H groups in total. The first-order valence-electron chi connectivity index (χ1n) is 16.5. The molecule has 0 aromatic carbocycles. The van der Waals surface area contributed by atoms with Gasteiger partial charge in [-0.25, -0.2) is 12.7 Å². The molecule has 0 radical (unpaired) electrons. The highest BCUT2D eigenvalue weighted by molar-refractivity contribution is 7.89. The molecular formula is C31H54F3N3O2S. The van der Waals surface area contributed by atoms with E-state index in [1.807, 2.05) is 7.05 Å². The van der Waals surface area contributed by atoms with Crippen molar-refractivity contribution in [3.63, 3.8) is 0 Å². The Morgan fingerprint density at radius 1 is 0.825 bits per heavy atom. The molecule has 2 aliphatic heterocycles. The van der Waals surface area contributed by atoms with E-state index in [0.29, 0.717) is 50.2 Å². The highest BCUT2D eigenvalue weighted by Crippen LogP contribution is 2.50. The van der Waals surface area contributed by atoms with E-state index in [9.17, 15) is 21.6 Å². The van der Waals surface area contributed by atoms with Crippen molar-refractivity contribution in [1.29, 1.82) is 0 Å². The second-order valence-corrected chi connectivity index (χ2v) is 16.3. The number of alkyl halides is 3. The van der Waals surface area contributed by atoms with Crippen LogP contribution >= 0.6 is 0 Å². The van der Waals surface area contributed by atoms with Crippen molar-refractivity contribution < 1.29 is 21.6 Å². The Morgan fingerprint density at radius 3 is 2.20 bits per heavy atom. The molecule has 5 nitrogen and oxygen atoms in total. The number of fused-ring (bicyclic) bond motifs is 1. The zero-order valence-electron chi connectivity index (χ0n) is 25.0. The van der Waals surface area contributed by atoms with Crippen LogP contribution in [0.15, 0.2) is 0 Å². The Kier molecular flexibility index (Phi) is 9.86. The van der Waals surface area contributed by atoms with E-state index in [1.54, 1.807) is 0 Å². The Balaban J connectivity index is 1.31. The van der Waals surface area contributed by atoms with Crippen molar-refractivity contribution >= 4 is 10.0 Å². The zero-order chi connectivity index (χ0) is 28.7. The molecule has 5 aliphatic rings. The predicted octanol–water partition coefficient (Wildman–Crippen LogP) is 6.30. The lowest BCUT2D eigenvalue weighted by Crippen LogP contribution is -2.72. The van der Waals surface area contributed by atoms with Crippen molar-refractivity contribution in [1.82, 2.24) is 14.5 Å². The Bertz CT molecular complexity index is 939. The van der Waals surface area contributed by atoms with Crippen LogP contribution in [0.5, 0.6) is 0 Å². The van der Waals surface area contributed by atoms with Crippen molar-refractivity contribution in [2.75, 3.05) is 33.2 Å². The molecule has 5 rings (SSSR count). The molecule has 3 aliphatic carbocycles. The number of rotatable bonds is 6. The lowest BCUT2D eigenvalue weighted by atomic mass is 9.60. The molecule has 6 unspecified atom stereocenters. The van der Waals surface area contributed by atoms with Gasteiger partial charge in [0.05, 0.1) is 11.2 Å². The zero-order valence-corrected chi connectivity index (χ0v) is 25.9. The molecule has 2 heterocycles. The van der Waals surface area contributed by atoms with Crippen LogP contribution < -0.4 is 5.32 Å². The molecule has 8 atom stereocenters. The quantitative estimate of drug-likeness (QED) is 0.395. The van der Waals surface area contributed by atoms with Gasteiger partial charge >= 0.3 is 6.18 Å². The first-order valence-corrected chi connectivity index (χ1v) is 18.0. The lowest BCUT2D eigenvalue weighted by Gasteiger charge is -2.61. The molecule has 0 bridgehead atoms. The standard InChI is InChI=1S/C31H54F3N3O2S/c1-21-9-8-10-25(22(21)2)23-13-15-24(16-14-23)30-27(19-35-3)37-18-7-6-17-36(20-28(30)37)40(38,39)29-12-5-4-11-26(29)31(32,33)34/h21-30,35H,4-20H2,1-3H3/t21?,22?,23?,24?,25?,26?,27-,28?,29?,30-/m1/s1. The number of nitrogens with one attached hydrogen (secondary N) is 1. The molecule has 3 saturated carbocycles. The maximum absolute atomic E-state index is 13.9. The molecule has 232 valence electrons. The average molecular weight is 590 g/mol. The minimum Gasteiger partial charge on any atom is -0.318 e. The Morgan fingerprint density at radius 2 is 1.50 bits per heavy atom. The van der Waals surface area contributed by atoms with Crippen LogP contribution in [0.4, 0.5) is 13.2 Å². The molecule has 0 amide bonds. The Hall–Kier alpha value is -0.380. The summed E-state index contributed by atoms with van der Waals surface area (Å²) in [6, 6.07) is 0.516. The summed E-state index contributed by atoms with van der Waals surface area (Å²) in [6.07, 6.45) is 7.31. The third kappa shape index (κ3) is 6.14. The summed E-state index contributed by atoms with van der Waals surface area (Å²) in [5.41, 5.74) is 0. The van der Waals surface area contributed by atoms with Gasteiger partial charge in [0.2, 0.25) is 10.0 Å². The molecule has 0 aromatic heterocycles. The largest absolute Gasteiger partial charge is 0.393 e. The fourth-order valence-corrected chi connectivity index (χ4v) is 12.2. The minimum atomic E-state index is -4.46.